The van der Waals surface area contributed by atoms with E-state index in [0.29, 0.717) is 12.1 Å². The standard InChI is InChI=1S/C12H19N3O3S/c1-2-3-7-14-12(16)15-9-10-5-4-6-11(8-10)19(13,17)18/h4-6,8H,2-3,7,9H2,1H3,(H2,13,17,18)(H2,14,15,16). The van der Waals surface area contributed by atoms with Crippen LogP contribution in [0.4, 0.5) is 4.79 Å². The smallest absolute Gasteiger partial charge is 0.315 e. The molecule has 106 valence electrons. The average molecular weight is 285 g/mol. The fraction of sp³-hybridized carbons (Fsp3) is 0.417. The molecular weight excluding hydrogens is 266 g/mol. The number of sulfonamides is 1. The Hall–Kier alpha value is -1.60. The summed E-state index contributed by atoms with van der Waals surface area (Å²) < 4.78 is 22.4. The lowest BCUT2D eigenvalue weighted by molar-refractivity contribution is 0.240. The maximum Gasteiger partial charge on any atom is 0.315 e. The molecule has 0 bridgehead atoms. The van der Waals surface area contributed by atoms with E-state index < -0.39 is 10.0 Å². The van der Waals surface area contributed by atoms with Gasteiger partial charge in [-0.25, -0.2) is 18.4 Å². The summed E-state index contributed by atoms with van der Waals surface area (Å²) >= 11 is 0. The molecule has 1 aromatic rings. The molecule has 0 aliphatic heterocycles. The first-order valence-electron chi connectivity index (χ1n) is 6.07. The molecule has 0 fully saturated rings. The maximum atomic E-state index is 11.4. The van der Waals surface area contributed by atoms with Crippen molar-refractivity contribution in [3.63, 3.8) is 0 Å². The Morgan fingerprint density at radius 3 is 2.68 bits per heavy atom. The Bertz CT molecular complexity index is 529. The van der Waals surface area contributed by atoms with E-state index in [1.807, 2.05) is 6.92 Å². The minimum Gasteiger partial charge on any atom is -0.338 e. The molecule has 0 aliphatic rings. The first-order chi connectivity index (χ1) is 8.93. The van der Waals surface area contributed by atoms with Crippen LogP contribution in [0.3, 0.4) is 0 Å². The Balaban J connectivity index is 2.52. The predicted molar refractivity (Wildman–Crippen MR) is 73.0 cm³/mol. The SMILES string of the molecule is CCCCNC(=O)NCc1cccc(S(N)(=O)=O)c1. The number of primary sulfonamides is 1. The van der Waals surface area contributed by atoms with Crippen molar-refractivity contribution in [1.82, 2.24) is 10.6 Å². The zero-order valence-electron chi connectivity index (χ0n) is 10.8. The van der Waals surface area contributed by atoms with Gasteiger partial charge in [0.1, 0.15) is 0 Å². The Morgan fingerprint density at radius 1 is 1.32 bits per heavy atom. The third kappa shape index (κ3) is 5.71. The predicted octanol–water partition coefficient (Wildman–Crippen LogP) is 0.933. The molecular formula is C12H19N3O3S. The second kappa shape index (κ2) is 7.10. The van der Waals surface area contributed by atoms with Crippen molar-refractivity contribution in [2.75, 3.05) is 6.54 Å². The number of unbranched alkanes of at least 4 members (excludes halogenated alkanes) is 1. The second-order valence-corrected chi connectivity index (χ2v) is 5.72. The Kier molecular flexibility index (Phi) is 5.78. The number of rotatable bonds is 6. The maximum absolute atomic E-state index is 11.4. The van der Waals surface area contributed by atoms with Crippen molar-refractivity contribution in [2.45, 2.75) is 31.2 Å². The van der Waals surface area contributed by atoms with Gasteiger partial charge in [-0.15, -0.1) is 0 Å². The molecule has 0 radical (unpaired) electrons. The highest BCUT2D eigenvalue weighted by Gasteiger charge is 2.08. The highest BCUT2D eigenvalue weighted by Crippen LogP contribution is 2.09. The summed E-state index contributed by atoms with van der Waals surface area (Å²) in [5.41, 5.74) is 0.678. The van der Waals surface area contributed by atoms with Crippen LogP contribution < -0.4 is 15.8 Å². The topological polar surface area (TPSA) is 101 Å². The second-order valence-electron chi connectivity index (χ2n) is 4.16. The van der Waals surface area contributed by atoms with E-state index in [2.05, 4.69) is 10.6 Å². The van der Waals surface area contributed by atoms with Gasteiger partial charge in [-0.3, -0.25) is 0 Å². The molecule has 0 saturated carbocycles. The number of benzene rings is 1. The molecule has 0 aromatic heterocycles. The summed E-state index contributed by atoms with van der Waals surface area (Å²) in [6.45, 7) is 2.92. The van der Waals surface area contributed by atoms with Crippen LogP contribution in [0, 0.1) is 0 Å². The summed E-state index contributed by atoms with van der Waals surface area (Å²) in [4.78, 5) is 11.4. The van der Waals surface area contributed by atoms with Gasteiger partial charge in [-0.05, 0) is 24.1 Å². The van der Waals surface area contributed by atoms with Crippen LogP contribution in [0.25, 0.3) is 0 Å². The molecule has 4 N–H and O–H groups in total. The summed E-state index contributed by atoms with van der Waals surface area (Å²) in [5, 5.41) is 10.4. The van der Waals surface area contributed by atoms with Crippen LogP contribution in [0.1, 0.15) is 25.3 Å². The first kappa shape index (κ1) is 15.5. The van der Waals surface area contributed by atoms with Gasteiger partial charge in [0.25, 0.3) is 0 Å². The number of urea groups is 1. The minimum absolute atomic E-state index is 0.0400. The van der Waals surface area contributed by atoms with Crippen molar-refractivity contribution in [2.24, 2.45) is 5.14 Å². The van der Waals surface area contributed by atoms with Crippen LogP contribution >= 0.6 is 0 Å². The quantitative estimate of drug-likeness (QED) is 0.678. The largest absolute Gasteiger partial charge is 0.338 e. The Labute approximate surface area is 113 Å². The summed E-state index contributed by atoms with van der Waals surface area (Å²) in [5.74, 6) is 0. The lowest BCUT2D eigenvalue weighted by Crippen LogP contribution is -2.35. The van der Waals surface area contributed by atoms with Crippen molar-refractivity contribution >= 4 is 16.1 Å². The fourth-order valence-corrected chi connectivity index (χ4v) is 2.04. The van der Waals surface area contributed by atoms with Gasteiger partial charge in [-0.1, -0.05) is 25.5 Å². The zero-order chi connectivity index (χ0) is 14.3. The lowest BCUT2D eigenvalue weighted by atomic mass is 10.2. The van der Waals surface area contributed by atoms with Crippen LogP contribution in [-0.2, 0) is 16.6 Å². The minimum atomic E-state index is -3.71. The van der Waals surface area contributed by atoms with Crippen molar-refractivity contribution in [1.29, 1.82) is 0 Å². The van der Waals surface area contributed by atoms with E-state index in [1.54, 1.807) is 12.1 Å². The van der Waals surface area contributed by atoms with Crippen molar-refractivity contribution in [3.05, 3.63) is 29.8 Å². The van der Waals surface area contributed by atoms with Gasteiger partial charge in [-0.2, -0.15) is 0 Å². The van der Waals surface area contributed by atoms with E-state index in [0.717, 1.165) is 12.8 Å². The lowest BCUT2D eigenvalue weighted by Gasteiger charge is -2.08. The number of amides is 2. The van der Waals surface area contributed by atoms with Gasteiger partial charge in [0, 0.05) is 13.1 Å². The van der Waals surface area contributed by atoms with Gasteiger partial charge >= 0.3 is 6.03 Å². The molecule has 19 heavy (non-hydrogen) atoms. The van der Waals surface area contributed by atoms with E-state index in [-0.39, 0.29) is 17.5 Å². The molecule has 1 rings (SSSR count). The number of hydrogen-bond acceptors (Lipinski definition) is 3. The van der Waals surface area contributed by atoms with Gasteiger partial charge in [0.15, 0.2) is 0 Å². The molecule has 0 saturated heterocycles. The molecule has 0 spiro atoms. The molecule has 0 atom stereocenters. The number of hydrogen-bond donors (Lipinski definition) is 3. The fourth-order valence-electron chi connectivity index (χ4n) is 1.46. The van der Waals surface area contributed by atoms with E-state index in [4.69, 9.17) is 5.14 Å². The van der Waals surface area contributed by atoms with Gasteiger partial charge in [0.2, 0.25) is 10.0 Å². The number of carbonyl (C=O) groups excluding carboxylic acids is 1. The van der Waals surface area contributed by atoms with Crippen LogP contribution in [0.15, 0.2) is 29.2 Å². The average Bonchev–Trinajstić information content (AvgIpc) is 2.36. The van der Waals surface area contributed by atoms with Crippen LogP contribution in [0.2, 0.25) is 0 Å². The van der Waals surface area contributed by atoms with Crippen molar-refractivity contribution in [3.8, 4) is 0 Å². The zero-order valence-corrected chi connectivity index (χ0v) is 11.7. The third-order valence-electron chi connectivity index (χ3n) is 2.50. The molecule has 0 unspecified atom stereocenters. The van der Waals surface area contributed by atoms with E-state index in [1.165, 1.54) is 12.1 Å². The summed E-state index contributed by atoms with van der Waals surface area (Å²) in [7, 11) is -3.71. The monoisotopic (exact) mass is 285 g/mol. The van der Waals surface area contributed by atoms with Gasteiger partial charge < -0.3 is 10.6 Å². The molecule has 1 aromatic carbocycles. The van der Waals surface area contributed by atoms with Crippen LogP contribution in [-0.4, -0.2) is 21.0 Å². The van der Waals surface area contributed by atoms with Crippen molar-refractivity contribution < 1.29 is 13.2 Å². The first-order valence-corrected chi connectivity index (χ1v) is 7.61. The highest BCUT2D eigenvalue weighted by atomic mass is 32.2. The number of nitrogens with two attached hydrogens (primary N) is 1. The molecule has 0 heterocycles. The summed E-state index contributed by atoms with van der Waals surface area (Å²) in [6.07, 6.45) is 1.94. The normalized spacial score (nSPS) is 11.1. The highest BCUT2D eigenvalue weighted by molar-refractivity contribution is 7.89. The van der Waals surface area contributed by atoms with E-state index >= 15 is 0 Å². The third-order valence-corrected chi connectivity index (χ3v) is 3.41. The van der Waals surface area contributed by atoms with Gasteiger partial charge in [0.05, 0.1) is 4.90 Å². The molecule has 0 aliphatic carbocycles. The van der Waals surface area contributed by atoms with E-state index in [9.17, 15) is 13.2 Å². The molecule has 6 nitrogen and oxygen atoms in total. The number of nitrogens with one attached hydrogen (secondary N) is 2. The molecule has 2 amide bonds. The number of carbonyl (C=O) groups is 1. The van der Waals surface area contributed by atoms with Crippen LogP contribution in [0.5, 0.6) is 0 Å². The molecule has 7 heteroatoms. The summed E-state index contributed by atoms with van der Waals surface area (Å²) in [6, 6.07) is 5.91. The Morgan fingerprint density at radius 2 is 2.05 bits per heavy atom.